The number of terminal acetylenes is 1. The van der Waals surface area contributed by atoms with Crippen molar-refractivity contribution in [1.82, 2.24) is 21.3 Å². The van der Waals surface area contributed by atoms with E-state index in [1.54, 1.807) is 18.0 Å². The molecule has 0 aromatic rings. The van der Waals surface area contributed by atoms with Crippen molar-refractivity contribution in [3.63, 3.8) is 0 Å². The van der Waals surface area contributed by atoms with Crippen molar-refractivity contribution < 1.29 is 29.2 Å². The Morgan fingerprint density at radius 3 is 2.50 bits per heavy atom. The van der Waals surface area contributed by atoms with Crippen molar-refractivity contribution in [2.75, 3.05) is 51.8 Å². The number of amides is 4. The monoisotopic (exact) mass is 825 g/mol. The topological polar surface area (TPSA) is 171 Å². The van der Waals surface area contributed by atoms with Crippen molar-refractivity contribution in [1.29, 1.82) is 5.53 Å². The van der Waals surface area contributed by atoms with Crippen LogP contribution >= 0.6 is 11.8 Å². The van der Waals surface area contributed by atoms with E-state index in [9.17, 15) is 14.4 Å². The van der Waals surface area contributed by atoms with Gasteiger partial charge in [0, 0.05) is 30.4 Å². The summed E-state index contributed by atoms with van der Waals surface area (Å²) in [7, 11) is 0. The number of quaternary nitrogens is 1. The van der Waals surface area contributed by atoms with Gasteiger partial charge < -0.3 is 36.1 Å². The Labute approximate surface area is 352 Å². The highest BCUT2D eigenvalue weighted by Gasteiger charge is 2.63. The van der Waals surface area contributed by atoms with Crippen molar-refractivity contribution in [2.45, 2.75) is 146 Å². The summed E-state index contributed by atoms with van der Waals surface area (Å²) in [4.78, 5) is 37.0. The maximum atomic E-state index is 12.8. The SMILES string of the molecule is C#C[C@]12NC(=O)N[C@@]1(C)CS[C@H]2CCCCC(=O)NCCOCCOCC[NH2+]/C=C(/CNC(=O)CCC[C@H]1CCC2C3CCC4CCCC[C@]4(C)C3CC[C@@]21C)N=N. The minimum Gasteiger partial charge on any atom is -0.377 e. The molecule has 2 aliphatic heterocycles. The van der Waals surface area contributed by atoms with Crippen LogP contribution in [0.4, 0.5) is 4.79 Å². The van der Waals surface area contributed by atoms with Crippen LogP contribution in [-0.4, -0.2) is 86.0 Å². The first-order valence-corrected chi connectivity index (χ1v) is 23.8. The molecule has 0 bridgehead atoms. The number of ether oxygens (including phenoxy) is 2. The molecular weight excluding hydrogens is 751 g/mol. The van der Waals surface area contributed by atoms with E-state index in [0.717, 1.165) is 67.4 Å². The molecule has 0 radical (unpaired) electrons. The van der Waals surface area contributed by atoms with Gasteiger partial charge >= 0.3 is 6.03 Å². The first-order chi connectivity index (χ1) is 28.0. The van der Waals surface area contributed by atoms with Crippen LogP contribution in [0.2, 0.25) is 0 Å². The smallest absolute Gasteiger partial charge is 0.316 e. The van der Waals surface area contributed by atoms with Gasteiger partial charge in [0.25, 0.3) is 0 Å². The molecule has 0 aromatic carbocycles. The Balaban J connectivity index is 0.745. The summed E-state index contributed by atoms with van der Waals surface area (Å²) in [6, 6.07) is -0.206. The lowest BCUT2D eigenvalue weighted by molar-refractivity contribution is -0.590. The van der Waals surface area contributed by atoms with Crippen molar-refractivity contribution >= 4 is 29.6 Å². The second-order valence-electron chi connectivity index (χ2n) is 19.2. The zero-order valence-corrected chi connectivity index (χ0v) is 36.6. The van der Waals surface area contributed by atoms with Crippen LogP contribution < -0.4 is 26.6 Å². The molecule has 2 saturated heterocycles. The van der Waals surface area contributed by atoms with Gasteiger partial charge in [-0.05, 0) is 124 Å². The molecule has 58 heavy (non-hydrogen) atoms. The number of rotatable bonds is 22. The molecule has 0 aromatic heterocycles. The number of thioether (sulfide) groups is 1. The number of hydrogen-bond acceptors (Lipinski definition) is 8. The zero-order valence-electron chi connectivity index (χ0n) is 35.8. The van der Waals surface area contributed by atoms with E-state index >= 15 is 0 Å². The average molecular weight is 825 g/mol. The molecule has 6 aliphatic rings. The molecule has 7 N–H and O–H groups in total. The minimum atomic E-state index is -0.681. The largest absolute Gasteiger partial charge is 0.377 e. The summed E-state index contributed by atoms with van der Waals surface area (Å²) in [6.45, 7) is 10.5. The van der Waals surface area contributed by atoms with Gasteiger partial charge in [-0.1, -0.05) is 39.0 Å². The molecule has 324 valence electrons. The average Bonchev–Trinajstić information content (AvgIpc) is 3.78. The summed E-state index contributed by atoms with van der Waals surface area (Å²) in [5.41, 5.74) is 8.00. The molecule has 4 amide bonds. The van der Waals surface area contributed by atoms with Crippen LogP contribution in [0.5, 0.6) is 0 Å². The Morgan fingerprint density at radius 2 is 1.69 bits per heavy atom. The Hall–Kier alpha value is -2.66. The highest BCUT2D eigenvalue weighted by molar-refractivity contribution is 8.00. The zero-order chi connectivity index (χ0) is 41.2. The summed E-state index contributed by atoms with van der Waals surface area (Å²) in [6.07, 6.45) is 27.5. The molecule has 4 unspecified atom stereocenters. The maximum absolute atomic E-state index is 12.8. The van der Waals surface area contributed by atoms with Crippen LogP contribution in [-0.2, 0) is 19.1 Å². The molecule has 0 spiro atoms. The number of unbranched alkanes of at least 4 members (excludes halogenated alkanes) is 1. The van der Waals surface area contributed by atoms with Crippen LogP contribution in [0, 0.1) is 58.3 Å². The molecular formula is C45H74N7O5S+. The van der Waals surface area contributed by atoms with Crippen LogP contribution in [0.15, 0.2) is 17.0 Å². The van der Waals surface area contributed by atoms with Crippen LogP contribution in [0.25, 0.3) is 0 Å². The van der Waals surface area contributed by atoms with Gasteiger partial charge in [0.1, 0.15) is 24.0 Å². The fourth-order valence-corrected chi connectivity index (χ4v) is 14.5. The number of hydrogen-bond donors (Lipinski definition) is 6. The summed E-state index contributed by atoms with van der Waals surface area (Å²) in [5.74, 6) is 8.15. The van der Waals surface area contributed by atoms with Gasteiger partial charge in [0.05, 0.1) is 38.5 Å². The lowest BCUT2D eigenvalue weighted by Gasteiger charge is -2.60. The van der Waals surface area contributed by atoms with Crippen molar-refractivity contribution in [3.8, 4) is 12.3 Å². The van der Waals surface area contributed by atoms with E-state index in [2.05, 4.69) is 46.1 Å². The number of urea groups is 1. The molecule has 10 atom stereocenters. The first-order valence-electron chi connectivity index (χ1n) is 22.8. The Bertz CT molecular complexity index is 1520. The second kappa shape index (κ2) is 20.3. The number of fused-ring (bicyclic) bond motifs is 6. The number of carbonyl (C=O) groups is 3. The van der Waals surface area contributed by atoms with Crippen LogP contribution in [0.3, 0.4) is 0 Å². The van der Waals surface area contributed by atoms with Gasteiger partial charge in [-0.2, -0.15) is 16.9 Å². The van der Waals surface area contributed by atoms with E-state index in [-0.39, 0.29) is 29.6 Å². The molecule has 4 aliphatic carbocycles. The predicted octanol–water partition coefficient (Wildman–Crippen LogP) is 6.03. The van der Waals surface area contributed by atoms with E-state index < -0.39 is 11.1 Å². The van der Waals surface area contributed by atoms with Crippen molar-refractivity contribution in [2.24, 2.45) is 45.5 Å². The fraction of sp³-hybridized carbons (Fsp3) is 0.844. The molecule has 6 rings (SSSR count). The van der Waals surface area contributed by atoms with Gasteiger partial charge in [-0.15, -0.1) is 6.42 Å². The van der Waals surface area contributed by atoms with Crippen LogP contribution in [0.1, 0.15) is 130 Å². The highest BCUT2D eigenvalue weighted by atomic mass is 32.2. The standard InChI is InChI=1S/C45H73N7O5S/c1-5-45-38(58-31-44(45,4)50-41(55)51-45)13-6-7-14-39(53)48-24-26-57-28-27-56-25-23-47-29-34(52-46)30-49-40(54)15-10-12-33-17-19-36-35-18-16-32-11-8-9-21-42(32,2)37(35)20-22-43(33,36)3/h1,29,32-33,35-38,46-47H,6-28,30-31H2,2-4H3,(H,48,53)(H,49,54)(H2,50,51,55)/p+1/b34-29-,52-46?/t32?,33-,35?,36?,37?,38-,42-,43+,44-,45+/m0/s1. The van der Waals surface area contributed by atoms with Gasteiger partial charge in [-0.3, -0.25) is 9.59 Å². The normalized spacial score (nSPS) is 36.4. The van der Waals surface area contributed by atoms with E-state index in [1.807, 2.05) is 12.2 Å². The Morgan fingerprint density at radius 1 is 0.914 bits per heavy atom. The first kappa shape index (κ1) is 44.9. The van der Waals surface area contributed by atoms with Crippen molar-refractivity contribution in [3.05, 3.63) is 11.9 Å². The molecule has 2 heterocycles. The van der Waals surface area contributed by atoms with E-state index in [1.165, 1.54) is 64.2 Å². The lowest BCUT2D eigenvalue weighted by Crippen LogP contribution is -2.79. The lowest BCUT2D eigenvalue weighted by atomic mass is 9.45. The molecule has 13 heteroatoms. The summed E-state index contributed by atoms with van der Waals surface area (Å²) in [5, 5.41) is 17.5. The molecule has 6 fully saturated rings. The van der Waals surface area contributed by atoms with Gasteiger partial charge in [0.2, 0.25) is 11.8 Å². The molecule has 4 saturated carbocycles. The third-order valence-electron chi connectivity index (χ3n) is 16.0. The molecule has 12 nitrogen and oxygen atoms in total. The quantitative estimate of drug-likeness (QED) is 0.0337. The van der Waals surface area contributed by atoms with Gasteiger partial charge in [0.15, 0.2) is 0 Å². The fourth-order valence-electron chi connectivity index (χ4n) is 12.7. The number of nitrogens with zero attached hydrogens (tertiary/aromatic N) is 1. The number of carbonyl (C=O) groups excluding carboxylic acids is 3. The van der Waals surface area contributed by atoms with Gasteiger partial charge in [-0.25, -0.2) is 10.3 Å². The number of nitrogens with two attached hydrogens (primary N) is 1. The third kappa shape index (κ3) is 9.92. The summed E-state index contributed by atoms with van der Waals surface area (Å²) < 4.78 is 11.2. The second-order valence-corrected chi connectivity index (χ2v) is 20.4. The maximum Gasteiger partial charge on any atom is 0.316 e. The predicted molar refractivity (Wildman–Crippen MR) is 228 cm³/mol. The Kier molecular flexibility index (Phi) is 15.7. The highest BCUT2D eigenvalue weighted by Crippen LogP contribution is 2.68. The van der Waals surface area contributed by atoms with E-state index in [4.69, 9.17) is 21.4 Å². The van der Waals surface area contributed by atoms with E-state index in [0.29, 0.717) is 68.9 Å². The summed E-state index contributed by atoms with van der Waals surface area (Å²) >= 11 is 1.79. The third-order valence-corrected chi connectivity index (χ3v) is 17.7. The number of nitrogens with one attached hydrogen (secondary N) is 5. The minimum absolute atomic E-state index is 0.00194.